The van der Waals surface area contributed by atoms with Gasteiger partial charge in [0.25, 0.3) is 0 Å². The minimum Gasteiger partial charge on any atom is -0.468 e. The van der Waals surface area contributed by atoms with Crippen LogP contribution in [0.2, 0.25) is 0 Å². The number of alkyl halides is 3. The summed E-state index contributed by atoms with van der Waals surface area (Å²) in [6.07, 6.45) is 0.604. The van der Waals surface area contributed by atoms with Crippen LogP contribution in [0.3, 0.4) is 0 Å². The van der Waals surface area contributed by atoms with E-state index in [4.69, 9.17) is 0 Å². The Morgan fingerprint density at radius 3 is 2.42 bits per heavy atom. The third-order valence-corrected chi connectivity index (χ3v) is 6.46. The number of ether oxygens (including phenoxy) is 1. The fraction of sp³-hybridized carbons (Fsp3) is 0.688. The lowest BCUT2D eigenvalue weighted by Gasteiger charge is -2.31. The zero-order chi connectivity index (χ0) is 18.8. The predicted molar refractivity (Wildman–Crippen MR) is 88.3 cm³/mol. The van der Waals surface area contributed by atoms with Gasteiger partial charge in [-0.25, -0.2) is 13.4 Å². The van der Waals surface area contributed by atoms with E-state index in [1.165, 1.54) is 23.2 Å². The molecule has 10 heteroatoms. The van der Waals surface area contributed by atoms with E-state index >= 15 is 0 Å². The van der Waals surface area contributed by atoms with Crippen molar-refractivity contribution in [1.82, 2.24) is 14.6 Å². The Morgan fingerprint density at radius 1 is 1.19 bits per heavy atom. The van der Waals surface area contributed by atoms with Crippen LogP contribution >= 0.6 is 0 Å². The highest BCUT2D eigenvalue weighted by atomic mass is 32.2. The number of piperidine rings is 1. The second-order valence-corrected chi connectivity index (χ2v) is 8.70. The number of pyridine rings is 1. The first-order valence-corrected chi connectivity index (χ1v) is 10.1. The number of hydrogen-bond donors (Lipinski definition) is 1. The number of sulfonamides is 1. The van der Waals surface area contributed by atoms with Crippen molar-refractivity contribution in [1.29, 1.82) is 0 Å². The van der Waals surface area contributed by atoms with Gasteiger partial charge in [-0.1, -0.05) is 0 Å². The van der Waals surface area contributed by atoms with Crippen molar-refractivity contribution in [3.8, 4) is 5.88 Å². The van der Waals surface area contributed by atoms with Gasteiger partial charge >= 0.3 is 6.18 Å². The second kappa shape index (κ2) is 7.69. The highest BCUT2D eigenvalue weighted by Gasteiger charge is 2.31. The summed E-state index contributed by atoms with van der Waals surface area (Å²) in [5, 5.41) is 3.49. The van der Waals surface area contributed by atoms with Gasteiger partial charge in [0.2, 0.25) is 15.9 Å². The highest BCUT2D eigenvalue weighted by Crippen LogP contribution is 2.28. The Hall–Kier alpha value is -1.39. The lowest BCUT2D eigenvalue weighted by atomic mass is 10.1. The van der Waals surface area contributed by atoms with Gasteiger partial charge in [-0.15, -0.1) is 0 Å². The molecule has 1 aliphatic carbocycles. The number of nitrogens with zero attached hydrogens (tertiary/aromatic N) is 2. The molecule has 1 saturated heterocycles. The predicted octanol–water partition coefficient (Wildman–Crippen LogP) is 2.18. The molecule has 2 heterocycles. The van der Waals surface area contributed by atoms with Crippen LogP contribution in [0, 0.1) is 5.92 Å². The summed E-state index contributed by atoms with van der Waals surface area (Å²) < 4.78 is 67.6. The monoisotopic (exact) mass is 393 g/mol. The zero-order valence-corrected chi connectivity index (χ0v) is 15.0. The SMILES string of the molecule is O=S(=O)(c1ccc(OCC(F)(F)F)nc1)N1CCC(NCC2CC2)CC1. The normalized spacial score (nSPS) is 20.3. The fourth-order valence-corrected chi connectivity index (χ4v) is 4.28. The van der Waals surface area contributed by atoms with E-state index in [-0.39, 0.29) is 10.8 Å². The van der Waals surface area contributed by atoms with E-state index in [1.807, 2.05) is 0 Å². The van der Waals surface area contributed by atoms with Gasteiger partial charge in [-0.05, 0) is 44.2 Å². The lowest BCUT2D eigenvalue weighted by Crippen LogP contribution is -2.45. The molecule has 2 fully saturated rings. The molecule has 3 rings (SSSR count). The van der Waals surface area contributed by atoms with Crippen molar-refractivity contribution in [2.24, 2.45) is 5.92 Å². The zero-order valence-electron chi connectivity index (χ0n) is 14.2. The average Bonchev–Trinajstić information content (AvgIpc) is 3.43. The Labute approximate surface area is 150 Å². The Kier molecular flexibility index (Phi) is 5.73. The minimum atomic E-state index is -4.47. The van der Waals surface area contributed by atoms with Gasteiger partial charge in [0.15, 0.2) is 6.61 Å². The van der Waals surface area contributed by atoms with Crippen LogP contribution in [0.1, 0.15) is 25.7 Å². The van der Waals surface area contributed by atoms with E-state index in [0.717, 1.165) is 37.6 Å². The number of halogens is 3. The Bertz CT molecular complexity index is 698. The quantitative estimate of drug-likeness (QED) is 0.769. The van der Waals surface area contributed by atoms with E-state index in [0.29, 0.717) is 19.1 Å². The Morgan fingerprint density at radius 2 is 1.88 bits per heavy atom. The van der Waals surface area contributed by atoms with Gasteiger partial charge in [-0.3, -0.25) is 0 Å². The van der Waals surface area contributed by atoms with Crippen molar-refractivity contribution in [3.63, 3.8) is 0 Å². The third-order valence-electron chi connectivity index (χ3n) is 4.58. The molecular weight excluding hydrogens is 371 g/mol. The summed E-state index contributed by atoms with van der Waals surface area (Å²) in [5.41, 5.74) is 0. The Balaban J connectivity index is 1.54. The minimum absolute atomic E-state index is 0.0405. The highest BCUT2D eigenvalue weighted by molar-refractivity contribution is 7.89. The summed E-state index contributed by atoms with van der Waals surface area (Å²) in [5.74, 6) is 0.519. The molecule has 0 bridgehead atoms. The van der Waals surface area contributed by atoms with Crippen molar-refractivity contribution in [3.05, 3.63) is 18.3 Å². The molecule has 2 aliphatic rings. The maximum absolute atomic E-state index is 12.6. The largest absolute Gasteiger partial charge is 0.468 e. The van der Waals surface area contributed by atoms with Gasteiger partial charge < -0.3 is 10.1 Å². The van der Waals surface area contributed by atoms with Gasteiger partial charge in [0.05, 0.1) is 6.20 Å². The van der Waals surface area contributed by atoms with Gasteiger partial charge in [0, 0.05) is 25.2 Å². The van der Waals surface area contributed by atoms with Crippen LogP contribution in [-0.4, -0.2) is 56.2 Å². The van der Waals surface area contributed by atoms with Crippen LogP contribution in [0.4, 0.5) is 13.2 Å². The molecule has 1 aromatic heterocycles. The van der Waals surface area contributed by atoms with Gasteiger partial charge in [-0.2, -0.15) is 17.5 Å². The standard InChI is InChI=1S/C16H22F3N3O3S/c17-16(18,19)11-25-15-4-3-14(10-21-15)26(23,24)22-7-5-13(6-8-22)20-9-12-1-2-12/h3-4,10,12-13,20H,1-2,5-9,11H2. The van der Waals surface area contributed by atoms with Crippen LogP contribution in [-0.2, 0) is 10.0 Å². The van der Waals surface area contributed by atoms with Crippen LogP contribution in [0.25, 0.3) is 0 Å². The van der Waals surface area contributed by atoms with Gasteiger partial charge in [0.1, 0.15) is 4.90 Å². The van der Waals surface area contributed by atoms with Crippen molar-refractivity contribution < 1.29 is 26.3 Å². The molecule has 26 heavy (non-hydrogen) atoms. The molecule has 146 valence electrons. The summed E-state index contributed by atoms with van der Waals surface area (Å²) >= 11 is 0. The molecule has 1 aromatic rings. The molecule has 1 N–H and O–H groups in total. The maximum atomic E-state index is 12.6. The molecule has 0 atom stereocenters. The molecule has 1 aliphatic heterocycles. The van der Waals surface area contributed by atoms with Crippen LogP contribution in [0.5, 0.6) is 5.88 Å². The second-order valence-electron chi connectivity index (χ2n) is 6.77. The molecule has 1 saturated carbocycles. The van der Waals surface area contributed by atoms with Crippen molar-refractivity contribution in [2.75, 3.05) is 26.2 Å². The van der Waals surface area contributed by atoms with E-state index in [2.05, 4.69) is 15.0 Å². The smallest absolute Gasteiger partial charge is 0.422 e. The fourth-order valence-electron chi connectivity index (χ4n) is 2.87. The topological polar surface area (TPSA) is 71.5 Å². The molecule has 0 aromatic carbocycles. The van der Waals surface area contributed by atoms with E-state index < -0.39 is 22.8 Å². The summed E-state index contributed by atoms with van der Waals surface area (Å²) in [6.45, 7) is 0.363. The molecule has 0 spiro atoms. The number of hydrogen-bond acceptors (Lipinski definition) is 5. The molecule has 6 nitrogen and oxygen atoms in total. The summed E-state index contributed by atoms with van der Waals surface area (Å²) in [4.78, 5) is 3.63. The molecule has 0 radical (unpaired) electrons. The first-order valence-electron chi connectivity index (χ1n) is 8.63. The first kappa shape index (κ1) is 19.4. The number of aromatic nitrogens is 1. The average molecular weight is 393 g/mol. The third kappa shape index (κ3) is 5.31. The van der Waals surface area contributed by atoms with E-state index in [1.54, 1.807) is 0 Å². The summed E-state index contributed by atoms with van der Waals surface area (Å²) in [6, 6.07) is 2.70. The number of rotatable bonds is 7. The van der Waals surface area contributed by atoms with E-state index in [9.17, 15) is 21.6 Å². The maximum Gasteiger partial charge on any atom is 0.422 e. The van der Waals surface area contributed by atoms with Crippen molar-refractivity contribution in [2.45, 2.75) is 42.8 Å². The van der Waals surface area contributed by atoms with Crippen molar-refractivity contribution >= 4 is 10.0 Å². The molecular formula is C16H22F3N3O3S. The molecule has 0 amide bonds. The summed E-state index contributed by atoms with van der Waals surface area (Å²) in [7, 11) is -3.70. The van der Waals surface area contributed by atoms with Crippen LogP contribution < -0.4 is 10.1 Å². The van der Waals surface area contributed by atoms with Crippen LogP contribution in [0.15, 0.2) is 23.2 Å². The number of nitrogens with one attached hydrogen (secondary N) is 1. The molecule has 0 unspecified atom stereocenters. The lowest BCUT2D eigenvalue weighted by molar-refractivity contribution is -0.154. The first-order chi connectivity index (χ1) is 12.2.